The van der Waals surface area contributed by atoms with Gasteiger partial charge in [0, 0.05) is 17.3 Å². The summed E-state index contributed by atoms with van der Waals surface area (Å²) in [6, 6.07) is 7.24. The average Bonchev–Trinajstić information content (AvgIpc) is 3.01. The van der Waals surface area contributed by atoms with Crippen LogP contribution in [0.25, 0.3) is 11.0 Å². The summed E-state index contributed by atoms with van der Waals surface area (Å²) < 4.78 is 19.1. The molecule has 1 aliphatic carbocycles. The molecule has 0 radical (unpaired) electrons. The Morgan fingerprint density at radius 3 is 3.05 bits per heavy atom. The van der Waals surface area contributed by atoms with Gasteiger partial charge in [0.2, 0.25) is 0 Å². The molecule has 1 fully saturated rings. The normalized spacial score (nSPS) is 23.3. The van der Waals surface area contributed by atoms with Gasteiger partial charge < -0.3 is 9.73 Å². The van der Waals surface area contributed by atoms with E-state index in [4.69, 9.17) is 4.42 Å². The number of benzene rings is 1. The molecule has 0 aliphatic heterocycles. The van der Waals surface area contributed by atoms with Crippen LogP contribution >= 0.6 is 0 Å². The molecule has 1 saturated carbocycles. The highest BCUT2D eigenvalue weighted by Gasteiger charge is 2.30. The highest BCUT2D eigenvalue weighted by Crippen LogP contribution is 2.37. The van der Waals surface area contributed by atoms with Crippen LogP contribution in [0.5, 0.6) is 0 Å². The van der Waals surface area contributed by atoms with Gasteiger partial charge in [0.05, 0.1) is 0 Å². The molecule has 0 spiro atoms. The molecule has 0 saturated heterocycles. The van der Waals surface area contributed by atoms with Gasteiger partial charge in [0.15, 0.2) is 0 Å². The number of hydrogen-bond acceptors (Lipinski definition) is 2. The summed E-state index contributed by atoms with van der Waals surface area (Å²) in [5.41, 5.74) is 0.789. The zero-order chi connectivity index (χ0) is 13.2. The Labute approximate surface area is 113 Å². The molecule has 2 unspecified atom stereocenters. The van der Waals surface area contributed by atoms with Gasteiger partial charge in [-0.05, 0) is 50.1 Å². The van der Waals surface area contributed by atoms with E-state index < -0.39 is 0 Å². The van der Waals surface area contributed by atoms with Crippen LogP contribution in [0.4, 0.5) is 4.39 Å². The first-order chi connectivity index (χ1) is 9.28. The van der Waals surface area contributed by atoms with E-state index >= 15 is 0 Å². The second-order valence-corrected chi connectivity index (χ2v) is 5.43. The highest BCUT2D eigenvalue weighted by molar-refractivity contribution is 5.78. The lowest BCUT2D eigenvalue weighted by atomic mass is 10.00. The van der Waals surface area contributed by atoms with E-state index in [-0.39, 0.29) is 5.82 Å². The summed E-state index contributed by atoms with van der Waals surface area (Å²) in [6.45, 7) is 3.23. The van der Waals surface area contributed by atoms with Gasteiger partial charge in [0.25, 0.3) is 0 Å². The molecule has 3 rings (SSSR count). The van der Waals surface area contributed by atoms with Gasteiger partial charge in [-0.25, -0.2) is 4.39 Å². The number of nitrogens with one attached hydrogen (secondary N) is 1. The van der Waals surface area contributed by atoms with Crippen molar-refractivity contribution in [3.05, 3.63) is 35.8 Å². The topological polar surface area (TPSA) is 25.2 Å². The summed E-state index contributed by atoms with van der Waals surface area (Å²) >= 11 is 0. The smallest absolute Gasteiger partial charge is 0.134 e. The molecule has 102 valence electrons. The van der Waals surface area contributed by atoms with E-state index in [1.54, 1.807) is 12.1 Å². The summed E-state index contributed by atoms with van der Waals surface area (Å²) in [6.07, 6.45) is 4.74. The van der Waals surface area contributed by atoms with E-state index in [9.17, 15) is 4.39 Å². The molecule has 2 nitrogen and oxygen atoms in total. The number of halogens is 1. The van der Waals surface area contributed by atoms with Crippen molar-refractivity contribution in [3.63, 3.8) is 0 Å². The third-order valence-electron chi connectivity index (χ3n) is 4.04. The average molecular weight is 261 g/mol. The molecular formula is C16H20FNO. The largest absolute Gasteiger partial charge is 0.461 e. The van der Waals surface area contributed by atoms with Crippen molar-refractivity contribution in [3.8, 4) is 0 Å². The van der Waals surface area contributed by atoms with Crippen molar-refractivity contribution >= 4 is 11.0 Å². The fourth-order valence-electron chi connectivity index (χ4n) is 3.09. The van der Waals surface area contributed by atoms with Gasteiger partial charge in [-0.3, -0.25) is 0 Å². The van der Waals surface area contributed by atoms with E-state index in [2.05, 4.69) is 12.2 Å². The third kappa shape index (κ3) is 2.52. The summed E-state index contributed by atoms with van der Waals surface area (Å²) in [5.74, 6) is 1.24. The molecule has 3 heteroatoms. The van der Waals surface area contributed by atoms with E-state index in [0.29, 0.717) is 12.0 Å². The van der Waals surface area contributed by atoms with Gasteiger partial charge in [-0.2, -0.15) is 0 Å². The first-order valence-electron chi connectivity index (χ1n) is 7.20. The second-order valence-electron chi connectivity index (χ2n) is 5.43. The number of fused-ring (bicyclic) bond motifs is 1. The molecule has 0 amide bonds. The number of furan rings is 1. The van der Waals surface area contributed by atoms with Crippen molar-refractivity contribution in [2.75, 3.05) is 6.54 Å². The van der Waals surface area contributed by atoms with Crippen LogP contribution < -0.4 is 5.32 Å². The fraction of sp³-hybridized carbons (Fsp3) is 0.500. The van der Waals surface area contributed by atoms with Crippen LogP contribution in [0.1, 0.15) is 44.3 Å². The van der Waals surface area contributed by atoms with Gasteiger partial charge in [0.1, 0.15) is 17.2 Å². The molecular weight excluding hydrogens is 241 g/mol. The summed E-state index contributed by atoms with van der Waals surface area (Å²) in [5, 5.41) is 4.47. The predicted octanol–water partition coefficient (Wildman–Crippen LogP) is 4.21. The molecule has 19 heavy (non-hydrogen) atoms. The van der Waals surface area contributed by atoms with Crippen LogP contribution in [0.2, 0.25) is 0 Å². The lowest BCUT2D eigenvalue weighted by molar-refractivity contribution is 0.416. The minimum Gasteiger partial charge on any atom is -0.461 e. The molecule has 1 aromatic carbocycles. The van der Waals surface area contributed by atoms with Crippen molar-refractivity contribution in [1.29, 1.82) is 0 Å². The predicted molar refractivity (Wildman–Crippen MR) is 74.8 cm³/mol. The molecule has 0 bridgehead atoms. The Morgan fingerprint density at radius 2 is 2.21 bits per heavy atom. The Balaban J connectivity index is 1.86. The number of rotatable bonds is 4. The molecule has 1 N–H and O–H groups in total. The maximum absolute atomic E-state index is 13.2. The van der Waals surface area contributed by atoms with Crippen LogP contribution in [0.15, 0.2) is 28.7 Å². The van der Waals surface area contributed by atoms with Crippen LogP contribution in [-0.2, 0) is 0 Å². The Hall–Kier alpha value is -1.35. The zero-order valence-corrected chi connectivity index (χ0v) is 11.3. The first kappa shape index (κ1) is 12.7. The standard InChI is InChI=1S/C16H20FNO/c1-2-8-18-14-5-3-4-13(14)16-10-11-9-12(17)6-7-15(11)19-16/h6-7,9-10,13-14,18H,2-5,8H2,1H3. The van der Waals surface area contributed by atoms with E-state index in [1.165, 1.54) is 18.9 Å². The molecule has 2 atom stereocenters. The fourth-order valence-corrected chi connectivity index (χ4v) is 3.09. The minimum atomic E-state index is -0.202. The molecule has 1 heterocycles. The summed E-state index contributed by atoms with van der Waals surface area (Å²) in [4.78, 5) is 0. The van der Waals surface area contributed by atoms with Crippen LogP contribution in [0, 0.1) is 5.82 Å². The maximum Gasteiger partial charge on any atom is 0.134 e. The second kappa shape index (κ2) is 5.33. The zero-order valence-electron chi connectivity index (χ0n) is 11.3. The van der Waals surface area contributed by atoms with Gasteiger partial charge in [-0.15, -0.1) is 0 Å². The van der Waals surface area contributed by atoms with Gasteiger partial charge in [-0.1, -0.05) is 13.3 Å². The first-order valence-corrected chi connectivity index (χ1v) is 7.20. The summed E-state index contributed by atoms with van der Waals surface area (Å²) in [7, 11) is 0. The molecule has 2 aromatic rings. The SMILES string of the molecule is CCCNC1CCCC1c1cc2cc(F)ccc2o1. The van der Waals surface area contributed by atoms with Crippen molar-refractivity contribution in [1.82, 2.24) is 5.32 Å². The van der Waals surface area contributed by atoms with E-state index in [1.807, 2.05) is 6.07 Å². The van der Waals surface area contributed by atoms with Crippen LogP contribution in [0.3, 0.4) is 0 Å². The Bertz CT molecular complexity index is 563. The molecule has 1 aliphatic rings. The lowest BCUT2D eigenvalue weighted by Crippen LogP contribution is -2.31. The van der Waals surface area contributed by atoms with Gasteiger partial charge >= 0.3 is 0 Å². The monoisotopic (exact) mass is 261 g/mol. The van der Waals surface area contributed by atoms with Crippen molar-refractivity contribution in [2.24, 2.45) is 0 Å². The van der Waals surface area contributed by atoms with Crippen LogP contribution in [-0.4, -0.2) is 12.6 Å². The highest BCUT2D eigenvalue weighted by atomic mass is 19.1. The molecule has 1 aromatic heterocycles. The number of hydrogen-bond donors (Lipinski definition) is 1. The van der Waals surface area contributed by atoms with Crippen molar-refractivity contribution < 1.29 is 8.81 Å². The Morgan fingerprint density at radius 1 is 1.32 bits per heavy atom. The van der Waals surface area contributed by atoms with Crippen molar-refractivity contribution in [2.45, 2.75) is 44.6 Å². The lowest BCUT2D eigenvalue weighted by Gasteiger charge is -2.18. The minimum absolute atomic E-state index is 0.202. The maximum atomic E-state index is 13.2. The quantitative estimate of drug-likeness (QED) is 0.892. The Kier molecular flexibility index (Phi) is 3.56. The third-order valence-corrected chi connectivity index (χ3v) is 4.04. The van der Waals surface area contributed by atoms with E-state index in [0.717, 1.165) is 36.1 Å².